The van der Waals surface area contributed by atoms with Gasteiger partial charge in [-0.3, -0.25) is 9.36 Å². The highest BCUT2D eigenvalue weighted by atomic mass is 79.9. The molecule has 0 aliphatic carbocycles. The minimum absolute atomic E-state index is 0.197. The van der Waals surface area contributed by atoms with Gasteiger partial charge in [0.1, 0.15) is 0 Å². The number of aromatic nitrogens is 1. The van der Waals surface area contributed by atoms with E-state index in [1.54, 1.807) is 37.7 Å². The largest absolute Gasteiger partial charge is 0.493 e. The molecule has 1 unspecified atom stereocenters. The summed E-state index contributed by atoms with van der Waals surface area (Å²) in [6, 6.07) is 10.4. The molecule has 2 heterocycles. The second-order valence-corrected chi connectivity index (χ2v) is 10.4. The average molecular weight is 622 g/mol. The molecular weight excluding hydrogens is 600 g/mol. The van der Waals surface area contributed by atoms with Crippen LogP contribution in [0.2, 0.25) is 0 Å². The van der Waals surface area contributed by atoms with Gasteiger partial charge in [-0.15, -0.1) is 0 Å². The molecule has 0 spiro atoms. The number of allylic oxidation sites excluding steroid dienone is 1. The van der Waals surface area contributed by atoms with E-state index in [4.69, 9.17) is 14.2 Å². The molecule has 1 atom stereocenters. The maximum atomic E-state index is 13.7. The van der Waals surface area contributed by atoms with Gasteiger partial charge < -0.3 is 14.2 Å². The number of methoxy groups -OCH3 is 2. The molecule has 0 amide bonds. The van der Waals surface area contributed by atoms with Crippen molar-refractivity contribution in [3.05, 3.63) is 87.4 Å². The Kier molecular flexibility index (Phi) is 7.63. The normalized spacial score (nSPS) is 15.5. The molecule has 182 valence electrons. The van der Waals surface area contributed by atoms with Crippen molar-refractivity contribution in [2.75, 3.05) is 20.8 Å². The molecule has 7 nitrogen and oxygen atoms in total. The number of halogens is 2. The number of esters is 1. The molecular formula is C25H22Br2N2O5S. The average Bonchev–Trinajstić information content (AvgIpc) is 3.12. The Labute approximate surface area is 222 Å². The fourth-order valence-electron chi connectivity index (χ4n) is 3.91. The summed E-state index contributed by atoms with van der Waals surface area (Å²) in [4.78, 5) is 31.9. The summed E-state index contributed by atoms with van der Waals surface area (Å²) in [6.07, 6.45) is 1.82. The molecule has 0 saturated carbocycles. The lowest BCUT2D eigenvalue weighted by Crippen LogP contribution is -2.40. The van der Waals surface area contributed by atoms with E-state index in [0.29, 0.717) is 42.1 Å². The lowest BCUT2D eigenvalue weighted by Gasteiger charge is -2.26. The zero-order chi connectivity index (χ0) is 25.3. The van der Waals surface area contributed by atoms with Crippen molar-refractivity contribution in [1.29, 1.82) is 0 Å². The van der Waals surface area contributed by atoms with Gasteiger partial charge in [-0.05, 0) is 55.3 Å². The smallest absolute Gasteiger partial charge is 0.338 e. The summed E-state index contributed by atoms with van der Waals surface area (Å²) in [5.74, 6) is 0.463. The van der Waals surface area contributed by atoms with E-state index in [2.05, 4.69) is 36.9 Å². The highest BCUT2D eigenvalue weighted by Crippen LogP contribution is 2.40. The van der Waals surface area contributed by atoms with E-state index in [0.717, 1.165) is 10.0 Å². The summed E-state index contributed by atoms with van der Waals surface area (Å²) in [7, 11) is 3.08. The maximum Gasteiger partial charge on any atom is 0.338 e. The molecule has 1 aromatic heterocycles. The van der Waals surface area contributed by atoms with Crippen LogP contribution in [0.5, 0.6) is 11.5 Å². The van der Waals surface area contributed by atoms with E-state index < -0.39 is 12.0 Å². The van der Waals surface area contributed by atoms with Crippen LogP contribution in [0, 0.1) is 0 Å². The first kappa shape index (κ1) is 25.4. The fraction of sp³-hybridized carbons (Fsp3) is 0.240. The topological polar surface area (TPSA) is 79.1 Å². The van der Waals surface area contributed by atoms with Crippen molar-refractivity contribution < 1.29 is 19.0 Å². The Hall–Kier alpha value is -2.69. The molecule has 10 heteroatoms. The number of carbonyl (C=O) groups excluding carboxylic acids is 1. The molecule has 0 radical (unpaired) electrons. The predicted octanol–water partition coefficient (Wildman–Crippen LogP) is 4.34. The first-order valence-corrected chi connectivity index (χ1v) is 13.1. The first-order chi connectivity index (χ1) is 16.8. The van der Waals surface area contributed by atoms with Crippen LogP contribution in [-0.2, 0) is 9.53 Å². The first-order valence-electron chi connectivity index (χ1n) is 10.7. The van der Waals surface area contributed by atoms with Crippen LogP contribution >= 0.6 is 43.2 Å². The van der Waals surface area contributed by atoms with Crippen molar-refractivity contribution in [3.8, 4) is 11.5 Å². The van der Waals surface area contributed by atoms with Crippen LogP contribution in [0.4, 0.5) is 0 Å². The Morgan fingerprint density at radius 1 is 1.17 bits per heavy atom. The van der Waals surface area contributed by atoms with Crippen molar-refractivity contribution >= 4 is 55.2 Å². The molecule has 1 aliphatic heterocycles. The SMILES string of the molecule is CCOC(=O)C1=C(C)N=c2s/c(=C/c3cccc(Br)c3)c(=O)n2C1c1cc(OC)c(OC)cc1Br. The molecule has 0 fully saturated rings. The molecule has 0 N–H and O–H groups in total. The van der Waals surface area contributed by atoms with Crippen LogP contribution in [-0.4, -0.2) is 31.4 Å². The lowest BCUT2D eigenvalue weighted by molar-refractivity contribution is -0.139. The predicted molar refractivity (Wildman–Crippen MR) is 142 cm³/mol. The van der Waals surface area contributed by atoms with Crippen LogP contribution in [0.25, 0.3) is 6.08 Å². The number of fused-ring (bicyclic) bond motifs is 1. The monoisotopic (exact) mass is 620 g/mol. The third-order valence-corrected chi connectivity index (χ3v) is 7.62. The summed E-state index contributed by atoms with van der Waals surface area (Å²) < 4.78 is 19.9. The van der Waals surface area contributed by atoms with Crippen LogP contribution < -0.4 is 24.4 Å². The molecule has 3 aromatic rings. The molecule has 0 saturated heterocycles. The summed E-state index contributed by atoms with van der Waals surface area (Å²) >= 11 is 8.34. The molecule has 4 rings (SSSR count). The number of nitrogens with zero attached hydrogens (tertiary/aromatic N) is 2. The van der Waals surface area contributed by atoms with Crippen molar-refractivity contribution in [2.24, 2.45) is 4.99 Å². The number of ether oxygens (including phenoxy) is 3. The van der Waals surface area contributed by atoms with E-state index in [1.807, 2.05) is 30.3 Å². The molecule has 0 bridgehead atoms. The van der Waals surface area contributed by atoms with Gasteiger partial charge in [0, 0.05) is 8.95 Å². The van der Waals surface area contributed by atoms with E-state index >= 15 is 0 Å². The van der Waals surface area contributed by atoms with Gasteiger partial charge in [0.25, 0.3) is 5.56 Å². The fourth-order valence-corrected chi connectivity index (χ4v) is 5.92. The number of hydrogen-bond acceptors (Lipinski definition) is 7. The highest BCUT2D eigenvalue weighted by molar-refractivity contribution is 9.10. The van der Waals surface area contributed by atoms with Gasteiger partial charge in [-0.1, -0.05) is 55.3 Å². The minimum Gasteiger partial charge on any atom is -0.493 e. The second kappa shape index (κ2) is 10.5. The third-order valence-electron chi connectivity index (χ3n) is 5.46. The Bertz CT molecular complexity index is 1520. The van der Waals surface area contributed by atoms with E-state index in [1.165, 1.54) is 18.4 Å². The van der Waals surface area contributed by atoms with Gasteiger partial charge in [0.2, 0.25) is 0 Å². The van der Waals surface area contributed by atoms with E-state index in [9.17, 15) is 9.59 Å². The second-order valence-electron chi connectivity index (χ2n) is 7.59. The number of carbonyl (C=O) groups is 1. The van der Waals surface area contributed by atoms with Crippen LogP contribution in [0.1, 0.15) is 31.0 Å². The number of rotatable bonds is 6. The Balaban J connectivity index is 2.02. The van der Waals surface area contributed by atoms with Gasteiger partial charge >= 0.3 is 5.97 Å². The number of thiazole rings is 1. The number of hydrogen-bond donors (Lipinski definition) is 0. The molecule has 1 aliphatic rings. The Morgan fingerprint density at radius 3 is 2.54 bits per heavy atom. The molecule has 35 heavy (non-hydrogen) atoms. The lowest BCUT2D eigenvalue weighted by atomic mass is 9.95. The zero-order valence-corrected chi connectivity index (χ0v) is 23.4. The maximum absolute atomic E-state index is 13.7. The third kappa shape index (κ3) is 4.87. The summed E-state index contributed by atoms with van der Waals surface area (Å²) in [6.45, 7) is 3.68. The van der Waals surface area contributed by atoms with E-state index in [-0.39, 0.29) is 12.2 Å². The minimum atomic E-state index is -0.774. The molecule has 2 aromatic carbocycles. The van der Waals surface area contributed by atoms with Crippen LogP contribution in [0.3, 0.4) is 0 Å². The van der Waals surface area contributed by atoms with Gasteiger partial charge in [-0.25, -0.2) is 9.79 Å². The van der Waals surface area contributed by atoms with Crippen molar-refractivity contribution in [2.45, 2.75) is 19.9 Å². The summed E-state index contributed by atoms with van der Waals surface area (Å²) in [5, 5.41) is 0. The Morgan fingerprint density at radius 2 is 1.89 bits per heavy atom. The van der Waals surface area contributed by atoms with Gasteiger partial charge in [-0.2, -0.15) is 0 Å². The van der Waals surface area contributed by atoms with Crippen LogP contribution in [0.15, 0.2) is 66.4 Å². The summed E-state index contributed by atoms with van der Waals surface area (Å²) in [5.41, 5.74) is 2.05. The van der Waals surface area contributed by atoms with Crippen molar-refractivity contribution in [3.63, 3.8) is 0 Å². The van der Waals surface area contributed by atoms with Gasteiger partial charge in [0.05, 0.1) is 42.7 Å². The van der Waals surface area contributed by atoms with Gasteiger partial charge in [0.15, 0.2) is 16.3 Å². The quantitative estimate of drug-likeness (QED) is 0.383. The van der Waals surface area contributed by atoms with Crippen molar-refractivity contribution in [1.82, 2.24) is 4.57 Å². The standard InChI is InChI=1S/C25H22Br2N2O5S/c1-5-34-24(31)21-13(2)28-25-29(22(21)16-11-18(32-3)19(33-4)12-17(16)27)23(30)20(35-25)10-14-7-6-8-15(26)9-14/h6-12,22H,5H2,1-4H3/b20-10+. The number of benzene rings is 2. The zero-order valence-electron chi connectivity index (χ0n) is 19.4. The highest BCUT2D eigenvalue weighted by Gasteiger charge is 2.35.